The third kappa shape index (κ3) is 7.87. The van der Waals surface area contributed by atoms with Crippen molar-refractivity contribution in [1.82, 2.24) is 14.7 Å². The normalized spacial score (nSPS) is 17.6. The van der Waals surface area contributed by atoms with Gasteiger partial charge in [0.15, 0.2) is 9.84 Å². The van der Waals surface area contributed by atoms with Gasteiger partial charge in [0, 0.05) is 62.6 Å². The number of allylic oxidation sites excluding steroid dienone is 1. The number of aliphatic imine (C=N–C) groups is 1. The molecule has 0 unspecified atom stereocenters. The van der Waals surface area contributed by atoms with Crippen molar-refractivity contribution in [2.75, 3.05) is 58.6 Å². The lowest BCUT2D eigenvalue weighted by molar-refractivity contribution is -0.131. The molecule has 222 valence electrons. The molecule has 5 rings (SSSR count). The second-order valence-electron chi connectivity index (χ2n) is 10.8. The van der Waals surface area contributed by atoms with Crippen molar-refractivity contribution < 1.29 is 13.2 Å². The average molecular weight is 626 g/mol. The fraction of sp³-hybridized carbons (Fsp3) is 0.355. The maximum atomic E-state index is 12.5. The number of nitrogens with zero attached hydrogens (tertiary/aromatic N) is 4. The van der Waals surface area contributed by atoms with E-state index < -0.39 is 9.84 Å². The van der Waals surface area contributed by atoms with Gasteiger partial charge in [0.25, 0.3) is 0 Å². The molecule has 1 amide bonds. The number of carbonyl (C=O) groups is 1. The molecule has 0 radical (unpaired) electrons. The minimum Gasteiger partial charge on any atom is -0.401 e. The Balaban J connectivity index is 1.31. The van der Waals surface area contributed by atoms with Crippen LogP contribution >= 0.6 is 22.9 Å². The van der Waals surface area contributed by atoms with E-state index in [4.69, 9.17) is 22.3 Å². The summed E-state index contributed by atoms with van der Waals surface area (Å²) in [6.45, 7) is 6.17. The van der Waals surface area contributed by atoms with Gasteiger partial charge in [-0.1, -0.05) is 35.9 Å². The monoisotopic (exact) mass is 625 g/mol. The molecule has 1 aromatic heterocycles. The highest BCUT2D eigenvalue weighted by molar-refractivity contribution is 7.90. The predicted molar refractivity (Wildman–Crippen MR) is 171 cm³/mol. The number of rotatable bonds is 9. The second kappa shape index (κ2) is 13.5. The van der Waals surface area contributed by atoms with Crippen LogP contribution in [0.4, 0.5) is 5.69 Å². The van der Waals surface area contributed by atoms with Crippen LogP contribution in [0.15, 0.2) is 82.3 Å². The third-order valence-electron chi connectivity index (χ3n) is 7.51. The fourth-order valence-electron chi connectivity index (χ4n) is 5.18. The van der Waals surface area contributed by atoms with Crippen LogP contribution in [0.2, 0.25) is 5.02 Å². The number of halogens is 1. The van der Waals surface area contributed by atoms with Crippen LogP contribution < -0.4 is 5.73 Å². The lowest BCUT2D eigenvalue weighted by atomic mass is 10.2. The first kappa shape index (κ1) is 30.4. The summed E-state index contributed by atoms with van der Waals surface area (Å²) in [7, 11) is -3.32. The van der Waals surface area contributed by atoms with Crippen LogP contribution in [-0.4, -0.2) is 93.4 Å². The van der Waals surface area contributed by atoms with E-state index in [1.54, 1.807) is 24.3 Å². The summed E-state index contributed by atoms with van der Waals surface area (Å²) in [6.07, 6.45) is 5.32. The Hall–Kier alpha value is -3.02. The Labute approximate surface area is 257 Å². The molecule has 2 aliphatic rings. The van der Waals surface area contributed by atoms with E-state index in [-0.39, 0.29) is 10.8 Å². The van der Waals surface area contributed by atoms with Gasteiger partial charge in [-0.3, -0.25) is 14.6 Å². The number of nitrogens with two attached hydrogens (primary N) is 1. The molecule has 2 fully saturated rings. The number of carbonyl (C=O) groups excluding carboxylic acids is 1. The number of piperazine rings is 1. The number of likely N-dealkylation sites (tertiary alicyclic amines) is 1. The van der Waals surface area contributed by atoms with Crippen molar-refractivity contribution in [1.29, 1.82) is 0 Å². The first-order valence-electron chi connectivity index (χ1n) is 14.1. The lowest BCUT2D eigenvalue weighted by Gasteiger charge is -2.35. The van der Waals surface area contributed by atoms with Crippen LogP contribution in [0.5, 0.6) is 0 Å². The molecule has 0 atom stereocenters. The predicted octanol–water partition coefficient (Wildman–Crippen LogP) is 4.68. The summed E-state index contributed by atoms with van der Waals surface area (Å²) >= 11 is 7.97. The molecule has 2 N–H and O–H groups in total. The van der Waals surface area contributed by atoms with E-state index in [9.17, 15) is 13.2 Å². The van der Waals surface area contributed by atoms with Crippen molar-refractivity contribution in [2.24, 2.45) is 10.7 Å². The van der Waals surface area contributed by atoms with Gasteiger partial charge < -0.3 is 10.6 Å². The van der Waals surface area contributed by atoms with E-state index >= 15 is 0 Å². The van der Waals surface area contributed by atoms with Gasteiger partial charge in [-0.25, -0.2) is 13.4 Å². The summed E-state index contributed by atoms with van der Waals surface area (Å²) in [5.74, 6) is 0.235. The number of hydrogen-bond donors (Lipinski definition) is 1. The van der Waals surface area contributed by atoms with E-state index in [0.717, 1.165) is 67.4 Å². The Bertz CT molecular complexity index is 1590. The number of amides is 1. The third-order valence-corrected chi connectivity index (χ3v) is 10.1. The SMILES string of the molecule is CS(=O)(=O)c1cccc(-c2ccc(C(/C=C(\N)CN3CCN(CC(=O)N4CCCC4)CC3)=Nc3ccccc3Cl)s2)c1. The van der Waals surface area contributed by atoms with Crippen LogP contribution in [0.25, 0.3) is 10.4 Å². The first-order valence-corrected chi connectivity index (χ1v) is 17.2. The molecule has 3 heterocycles. The highest BCUT2D eigenvalue weighted by Crippen LogP contribution is 2.32. The largest absolute Gasteiger partial charge is 0.401 e. The number of sulfone groups is 1. The van der Waals surface area contributed by atoms with Gasteiger partial charge in [0.2, 0.25) is 5.91 Å². The highest BCUT2D eigenvalue weighted by atomic mass is 35.5. The molecule has 3 aromatic rings. The van der Waals surface area contributed by atoms with Gasteiger partial charge in [0.1, 0.15) is 0 Å². The zero-order chi connectivity index (χ0) is 29.7. The van der Waals surface area contributed by atoms with Crippen molar-refractivity contribution in [3.8, 4) is 10.4 Å². The molecule has 0 spiro atoms. The molecule has 2 aliphatic heterocycles. The Kier molecular flexibility index (Phi) is 9.80. The summed E-state index contributed by atoms with van der Waals surface area (Å²) in [5, 5.41) is 0.541. The van der Waals surface area contributed by atoms with Crippen LogP contribution in [0.3, 0.4) is 0 Å². The van der Waals surface area contributed by atoms with E-state index in [1.807, 2.05) is 47.4 Å². The van der Waals surface area contributed by atoms with Gasteiger partial charge in [0.05, 0.1) is 32.7 Å². The Morgan fingerprint density at radius 2 is 1.64 bits per heavy atom. The smallest absolute Gasteiger partial charge is 0.236 e. The fourth-order valence-corrected chi connectivity index (χ4v) is 6.99. The molecule has 42 heavy (non-hydrogen) atoms. The standard InChI is InChI=1S/C31H36ClN5O3S2/c1-42(39,40)25-8-6-7-23(19-25)29-11-12-30(41-29)28(34-27-10-3-2-9-26(27)32)20-24(33)21-35-15-17-36(18-16-35)22-31(38)37-13-4-5-14-37/h2-3,6-12,19-20H,4-5,13-18,21-22,33H2,1H3/b24-20-,34-28?. The highest BCUT2D eigenvalue weighted by Gasteiger charge is 2.23. The summed E-state index contributed by atoms with van der Waals surface area (Å²) in [6, 6.07) is 18.3. The molecule has 8 nitrogen and oxygen atoms in total. The topological polar surface area (TPSA) is 99.3 Å². The van der Waals surface area contributed by atoms with Crippen LogP contribution in [0.1, 0.15) is 17.7 Å². The molecular weight excluding hydrogens is 590 g/mol. The summed E-state index contributed by atoms with van der Waals surface area (Å²) in [4.78, 5) is 26.0. The number of benzene rings is 2. The van der Waals surface area contributed by atoms with Crippen molar-refractivity contribution in [2.45, 2.75) is 17.7 Å². The number of para-hydroxylation sites is 1. The van der Waals surface area contributed by atoms with E-state index in [2.05, 4.69) is 9.80 Å². The summed E-state index contributed by atoms with van der Waals surface area (Å²) in [5.41, 5.74) is 9.42. The lowest BCUT2D eigenvalue weighted by Crippen LogP contribution is -2.50. The van der Waals surface area contributed by atoms with E-state index in [0.29, 0.717) is 35.2 Å². The second-order valence-corrected chi connectivity index (χ2v) is 14.3. The molecule has 11 heteroatoms. The van der Waals surface area contributed by atoms with Gasteiger partial charge in [-0.15, -0.1) is 11.3 Å². The molecule has 0 aliphatic carbocycles. The van der Waals surface area contributed by atoms with Gasteiger partial charge in [-0.05, 0) is 60.9 Å². The minimum absolute atomic E-state index is 0.235. The minimum atomic E-state index is -3.32. The Morgan fingerprint density at radius 3 is 2.33 bits per heavy atom. The average Bonchev–Trinajstić information content (AvgIpc) is 3.68. The quantitative estimate of drug-likeness (QED) is 0.347. The van der Waals surface area contributed by atoms with Crippen molar-refractivity contribution in [3.63, 3.8) is 0 Å². The Morgan fingerprint density at radius 1 is 0.952 bits per heavy atom. The molecule has 0 bridgehead atoms. The van der Waals surface area contributed by atoms with E-state index in [1.165, 1.54) is 17.6 Å². The zero-order valence-electron chi connectivity index (χ0n) is 23.7. The van der Waals surface area contributed by atoms with Crippen LogP contribution in [-0.2, 0) is 14.6 Å². The first-order chi connectivity index (χ1) is 20.2. The zero-order valence-corrected chi connectivity index (χ0v) is 26.1. The van der Waals surface area contributed by atoms with Crippen molar-refractivity contribution in [3.05, 3.63) is 82.3 Å². The number of thiophene rings is 1. The maximum Gasteiger partial charge on any atom is 0.236 e. The summed E-state index contributed by atoms with van der Waals surface area (Å²) < 4.78 is 24.2. The molecule has 2 aromatic carbocycles. The van der Waals surface area contributed by atoms with Crippen molar-refractivity contribution >= 4 is 50.1 Å². The van der Waals surface area contributed by atoms with Crippen LogP contribution in [0, 0.1) is 0 Å². The van der Waals surface area contributed by atoms with Gasteiger partial charge in [-0.2, -0.15) is 0 Å². The van der Waals surface area contributed by atoms with Gasteiger partial charge >= 0.3 is 0 Å². The maximum absolute atomic E-state index is 12.5. The molecular formula is C31H36ClN5O3S2. The molecule has 0 saturated carbocycles. The number of hydrogen-bond acceptors (Lipinski definition) is 8. The molecule has 2 saturated heterocycles.